The van der Waals surface area contributed by atoms with Gasteiger partial charge < -0.3 is 0 Å². The molecular weight excluding hydrogens is 410 g/mol. The van der Waals surface area contributed by atoms with Gasteiger partial charge in [-0.1, -0.05) is 62.2 Å². The summed E-state index contributed by atoms with van der Waals surface area (Å²) in [4.78, 5) is 28.0. The lowest BCUT2D eigenvalue weighted by atomic mass is 9.81. The molecule has 0 aromatic heterocycles. The Bertz CT molecular complexity index is 603. The molecule has 2 bridgehead atoms. The Morgan fingerprint density at radius 1 is 1.00 bits per heavy atom. The number of benzene rings is 1. The number of imide groups is 1. The molecule has 116 valence electrons. The topological polar surface area (TPSA) is 37.4 Å². The quantitative estimate of drug-likeness (QED) is 0.535. The number of nitrogens with zero attached hydrogens (tertiary/aromatic N) is 1. The van der Waals surface area contributed by atoms with Crippen molar-refractivity contribution in [2.75, 3.05) is 0 Å². The van der Waals surface area contributed by atoms with Gasteiger partial charge in [0.15, 0.2) is 0 Å². The lowest BCUT2D eigenvalue weighted by Crippen LogP contribution is -2.37. The minimum atomic E-state index is -0.186. The summed E-state index contributed by atoms with van der Waals surface area (Å²) in [6, 6.07) is 9.62. The van der Waals surface area contributed by atoms with Crippen molar-refractivity contribution in [2.45, 2.75) is 29.0 Å². The van der Waals surface area contributed by atoms with Gasteiger partial charge in [-0.15, -0.1) is 0 Å². The minimum Gasteiger partial charge on any atom is -0.275 e. The van der Waals surface area contributed by atoms with E-state index in [4.69, 9.17) is 0 Å². The van der Waals surface area contributed by atoms with Crippen molar-refractivity contribution in [3.8, 4) is 0 Å². The van der Waals surface area contributed by atoms with Crippen molar-refractivity contribution < 1.29 is 9.59 Å². The fourth-order valence-electron chi connectivity index (χ4n) is 4.63. The standard InChI is InChI=1S/C17H17Br2NO2/c1-8(9-5-3-2-4-6-9)20-16(21)12-10-7-11(13(12)17(20)22)15(19)14(10)18/h2-6,8,10-15H,7H2,1H3/t8-,10+,11+,12+,13+,14-,15+/m1/s1. The minimum absolute atomic E-state index is 0.0303. The van der Waals surface area contributed by atoms with Crippen LogP contribution in [0.1, 0.15) is 24.9 Å². The summed E-state index contributed by atoms with van der Waals surface area (Å²) in [5, 5.41) is 0. The van der Waals surface area contributed by atoms with Gasteiger partial charge >= 0.3 is 0 Å². The Balaban J connectivity index is 1.67. The maximum atomic E-state index is 12.9. The molecule has 5 heteroatoms. The lowest BCUT2D eigenvalue weighted by molar-refractivity contribution is -0.143. The van der Waals surface area contributed by atoms with Gasteiger partial charge in [-0.2, -0.15) is 0 Å². The maximum Gasteiger partial charge on any atom is 0.233 e. The zero-order valence-electron chi connectivity index (χ0n) is 12.2. The number of hydrogen-bond acceptors (Lipinski definition) is 2. The molecule has 7 atom stereocenters. The molecule has 0 N–H and O–H groups in total. The van der Waals surface area contributed by atoms with Crippen LogP contribution >= 0.6 is 31.9 Å². The molecular formula is C17H17Br2NO2. The fraction of sp³-hybridized carbons (Fsp3) is 0.529. The van der Waals surface area contributed by atoms with E-state index in [1.54, 1.807) is 0 Å². The van der Waals surface area contributed by atoms with Crippen molar-refractivity contribution in [3.63, 3.8) is 0 Å². The Morgan fingerprint density at radius 3 is 2.00 bits per heavy atom. The highest BCUT2D eigenvalue weighted by molar-refractivity contribution is 9.12. The first-order valence-corrected chi connectivity index (χ1v) is 9.55. The number of alkyl halides is 2. The van der Waals surface area contributed by atoms with Crippen LogP contribution in [0.4, 0.5) is 0 Å². The van der Waals surface area contributed by atoms with Gasteiger partial charge in [0.2, 0.25) is 11.8 Å². The zero-order chi connectivity index (χ0) is 15.6. The zero-order valence-corrected chi connectivity index (χ0v) is 15.3. The molecule has 1 aromatic rings. The van der Waals surface area contributed by atoms with E-state index in [9.17, 15) is 9.59 Å². The summed E-state index contributed by atoms with van der Waals surface area (Å²) < 4.78 is 0. The summed E-state index contributed by atoms with van der Waals surface area (Å²) >= 11 is 7.44. The van der Waals surface area contributed by atoms with Gasteiger partial charge in [0, 0.05) is 9.65 Å². The molecule has 1 heterocycles. The van der Waals surface area contributed by atoms with Crippen LogP contribution in [0.5, 0.6) is 0 Å². The van der Waals surface area contributed by atoms with Crippen LogP contribution in [0.15, 0.2) is 30.3 Å². The normalized spacial score (nSPS) is 41.1. The second-order valence-electron chi connectivity index (χ2n) is 6.64. The Morgan fingerprint density at radius 2 is 1.50 bits per heavy atom. The second kappa shape index (κ2) is 5.17. The van der Waals surface area contributed by atoms with Crippen LogP contribution in [-0.4, -0.2) is 26.4 Å². The molecule has 0 spiro atoms. The SMILES string of the molecule is C[C@H](c1ccccc1)N1C(=O)[C@H]2[C@@H]3C[C@H]([C@@H](Br)[C@H]3Br)[C@@H]2C1=O. The lowest BCUT2D eigenvalue weighted by Gasteiger charge is -2.28. The van der Waals surface area contributed by atoms with E-state index >= 15 is 0 Å². The average Bonchev–Trinajstić information content (AvgIpc) is 3.13. The van der Waals surface area contributed by atoms with E-state index in [0.29, 0.717) is 9.65 Å². The monoisotopic (exact) mass is 425 g/mol. The summed E-state index contributed by atoms with van der Waals surface area (Å²) in [6.45, 7) is 1.95. The number of carbonyl (C=O) groups excluding carboxylic acids is 2. The van der Waals surface area contributed by atoms with Crippen LogP contribution in [0.2, 0.25) is 0 Å². The van der Waals surface area contributed by atoms with E-state index in [0.717, 1.165) is 12.0 Å². The summed E-state index contributed by atoms with van der Waals surface area (Å²) in [7, 11) is 0. The van der Waals surface area contributed by atoms with Crippen LogP contribution < -0.4 is 0 Å². The first kappa shape index (κ1) is 14.9. The third kappa shape index (κ3) is 1.84. The molecule has 3 nitrogen and oxygen atoms in total. The van der Waals surface area contributed by atoms with E-state index in [2.05, 4.69) is 31.9 Å². The van der Waals surface area contributed by atoms with Crippen LogP contribution in [-0.2, 0) is 9.59 Å². The molecule has 4 rings (SSSR count). The summed E-state index contributed by atoms with van der Waals surface area (Å²) in [5.74, 6) is 0.377. The third-order valence-electron chi connectivity index (χ3n) is 5.69. The molecule has 2 amide bonds. The van der Waals surface area contributed by atoms with E-state index < -0.39 is 0 Å². The number of carbonyl (C=O) groups is 2. The number of hydrogen-bond donors (Lipinski definition) is 0. The number of amides is 2. The van der Waals surface area contributed by atoms with Gasteiger partial charge in [-0.25, -0.2) is 0 Å². The predicted octanol–water partition coefficient (Wildman–Crippen LogP) is 3.53. The third-order valence-corrected chi connectivity index (χ3v) is 8.90. The van der Waals surface area contributed by atoms with Crippen LogP contribution in [0, 0.1) is 23.7 Å². The van der Waals surface area contributed by atoms with E-state index in [-0.39, 0.29) is 41.5 Å². The van der Waals surface area contributed by atoms with Gasteiger partial charge in [0.1, 0.15) is 0 Å². The predicted molar refractivity (Wildman–Crippen MR) is 90.7 cm³/mol. The van der Waals surface area contributed by atoms with Gasteiger partial charge in [-0.3, -0.25) is 14.5 Å². The highest BCUT2D eigenvalue weighted by Crippen LogP contribution is 2.60. The fourth-order valence-corrected chi connectivity index (χ4v) is 6.51. The largest absolute Gasteiger partial charge is 0.275 e. The molecule has 1 saturated heterocycles. The molecule has 2 saturated carbocycles. The highest BCUT2D eigenvalue weighted by atomic mass is 79.9. The first-order valence-electron chi connectivity index (χ1n) is 7.72. The number of rotatable bonds is 2. The Kier molecular flexibility index (Phi) is 3.49. The summed E-state index contributed by atoms with van der Waals surface area (Å²) in [6.07, 6.45) is 0.978. The van der Waals surface area contributed by atoms with Crippen molar-refractivity contribution >= 4 is 43.7 Å². The van der Waals surface area contributed by atoms with E-state index in [1.165, 1.54) is 4.90 Å². The molecule has 1 aromatic carbocycles. The molecule has 2 aliphatic carbocycles. The van der Waals surface area contributed by atoms with Gasteiger partial charge in [0.05, 0.1) is 17.9 Å². The molecule has 3 aliphatic rings. The molecule has 0 radical (unpaired) electrons. The molecule has 3 fully saturated rings. The van der Waals surface area contributed by atoms with Crippen molar-refractivity contribution in [3.05, 3.63) is 35.9 Å². The van der Waals surface area contributed by atoms with Crippen LogP contribution in [0.3, 0.4) is 0 Å². The molecule has 0 unspecified atom stereocenters. The second-order valence-corrected chi connectivity index (χ2v) is 8.75. The smallest absolute Gasteiger partial charge is 0.233 e. The highest BCUT2D eigenvalue weighted by Gasteiger charge is 2.66. The first-order chi connectivity index (χ1) is 10.5. The Hall–Kier alpha value is -0.680. The number of likely N-dealkylation sites (tertiary alicyclic amines) is 1. The van der Waals surface area contributed by atoms with Crippen molar-refractivity contribution in [1.82, 2.24) is 4.90 Å². The van der Waals surface area contributed by atoms with Crippen molar-refractivity contribution in [2.24, 2.45) is 23.7 Å². The van der Waals surface area contributed by atoms with E-state index in [1.807, 2.05) is 37.3 Å². The molecule has 1 aliphatic heterocycles. The Labute approximate surface area is 146 Å². The average molecular weight is 427 g/mol. The van der Waals surface area contributed by atoms with Gasteiger partial charge in [0.25, 0.3) is 0 Å². The van der Waals surface area contributed by atoms with Crippen LogP contribution in [0.25, 0.3) is 0 Å². The summed E-state index contributed by atoms with van der Waals surface area (Å²) in [5.41, 5.74) is 1.02. The molecule has 22 heavy (non-hydrogen) atoms. The number of fused-ring (bicyclic) bond motifs is 5. The van der Waals surface area contributed by atoms with Gasteiger partial charge in [-0.05, 0) is 30.7 Å². The van der Waals surface area contributed by atoms with Crippen molar-refractivity contribution in [1.29, 1.82) is 0 Å². The maximum absolute atomic E-state index is 12.9. The number of halogens is 2.